The summed E-state index contributed by atoms with van der Waals surface area (Å²) >= 11 is 0. The molecule has 0 aliphatic carbocycles. The number of rotatable bonds is 3. The summed E-state index contributed by atoms with van der Waals surface area (Å²) < 4.78 is 2.11. The molecule has 1 unspecified atom stereocenters. The smallest absolute Gasteiger partial charge is 0.106 e. The van der Waals surface area contributed by atoms with Crippen molar-refractivity contribution >= 4 is 11.0 Å². The molecule has 0 saturated carbocycles. The number of hydrogen-bond acceptors (Lipinski definition) is 2. The summed E-state index contributed by atoms with van der Waals surface area (Å²) in [5.74, 6) is 1.25. The Kier molecular flexibility index (Phi) is 3.28. The molecule has 3 aromatic rings. The molecule has 3 heteroatoms. The molecule has 0 amide bonds. The molecule has 3 nitrogen and oxygen atoms in total. The van der Waals surface area contributed by atoms with Gasteiger partial charge in [-0.05, 0) is 30.2 Å². The maximum atomic E-state index is 5.99. The van der Waals surface area contributed by atoms with Crippen molar-refractivity contribution in [1.82, 2.24) is 9.55 Å². The second-order valence-electron chi connectivity index (χ2n) is 5.17. The number of hydrogen-bond donors (Lipinski definition) is 1. The van der Waals surface area contributed by atoms with Gasteiger partial charge in [0.15, 0.2) is 0 Å². The molecule has 2 aromatic carbocycles. The van der Waals surface area contributed by atoms with Crippen molar-refractivity contribution in [3.8, 4) is 0 Å². The van der Waals surface area contributed by atoms with Crippen LogP contribution in [0.2, 0.25) is 0 Å². The first-order valence-corrected chi connectivity index (χ1v) is 6.88. The highest BCUT2D eigenvalue weighted by Crippen LogP contribution is 2.26. The molecule has 20 heavy (non-hydrogen) atoms. The van der Waals surface area contributed by atoms with Gasteiger partial charge in [-0.2, -0.15) is 0 Å². The zero-order chi connectivity index (χ0) is 14.1. The molecular formula is C17H19N3. The van der Waals surface area contributed by atoms with Gasteiger partial charge in [-0.3, -0.25) is 0 Å². The van der Waals surface area contributed by atoms with Crippen LogP contribution >= 0.6 is 0 Å². The fraction of sp³-hybridized carbons (Fsp3) is 0.235. The third-order valence-electron chi connectivity index (χ3n) is 3.97. The van der Waals surface area contributed by atoms with Crippen molar-refractivity contribution in [3.05, 3.63) is 65.5 Å². The molecule has 0 aliphatic rings. The van der Waals surface area contributed by atoms with E-state index in [0.717, 1.165) is 16.9 Å². The Morgan fingerprint density at radius 3 is 2.55 bits per heavy atom. The molecule has 1 atom stereocenters. The van der Waals surface area contributed by atoms with Crippen LogP contribution in [0.25, 0.3) is 11.0 Å². The van der Waals surface area contributed by atoms with Crippen molar-refractivity contribution in [2.75, 3.05) is 6.54 Å². The van der Waals surface area contributed by atoms with E-state index in [2.05, 4.69) is 52.0 Å². The SMILES string of the molecule is Cc1nc2cc(C(CN)c3ccccc3)ccc2n1C. The topological polar surface area (TPSA) is 43.8 Å². The van der Waals surface area contributed by atoms with Crippen LogP contribution in [0.3, 0.4) is 0 Å². The van der Waals surface area contributed by atoms with Crippen molar-refractivity contribution < 1.29 is 0 Å². The van der Waals surface area contributed by atoms with Gasteiger partial charge >= 0.3 is 0 Å². The summed E-state index contributed by atoms with van der Waals surface area (Å²) in [4.78, 5) is 4.61. The first kappa shape index (κ1) is 12.9. The highest BCUT2D eigenvalue weighted by Gasteiger charge is 2.14. The molecule has 0 saturated heterocycles. The van der Waals surface area contributed by atoms with E-state index in [0.29, 0.717) is 6.54 Å². The van der Waals surface area contributed by atoms with E-state index in [4.69, 9.17) is 5.73 Å². The normalized spacial score (nSPS) is 12.8. The highest BCUT2D eigenvalue weighted by molar-refractivity contribution is 5.77. The Balaban J connectivity index is 2.08. The minimum Gasteiger partial charge on any atom is -0.331 e. The van der Waals surface area contributed by atoms with Crippen LogP contribution in [0.15, 0.2) is 48.5 Å². The van der Waals surface area contributed by atoms with Crippen LogP contribution < -0.4 is 5.73 Å². The lowest BCUT2D eigenvalue weighted by atomic mass is 9.91. The number of aryl methyl sites for hydroxylation is 2. The van der Waals surface area contributed by atoms with Crippen LogP contribution in [0.4, 0.5) is 0 Å². The molecule has 0 spiro atoms. The molecule has 1 aromatic heterocycles. The molecule has 0 bridgehead atoms. The lowest BCUT2D eigenvalue weighted by Gasteiger charge is -2.15. The monoisotopic (exact) mass is 265 g/mol. The number of aromatic nitrogens is 2. The minimum absolute atomic E-state index is 0.225. The number of fused-ring (bicyclic) bond motifs is 1. The summed E-state index contributed by atoms with van der Waals surface area (Å²) in [6, 6.07) is 16.9. The van der Waals surface area contributed by atoms with Gasteiger partial charge in [0.1, 0.15) is 5.82 Å². The molecule has 2 N–H and O–H groups in total. The number of imidazole rings is 1. The van der Waals surface area contributed by atoms with Crippen LogP contribution in [0.1, 0.15) is 22.9 Å². The van der Waals surface area contributed by atoms with Gasteiger partial charge in [0.2, 0.25) is 0 Å². The second kappa shape index (κ2) is 5.10. The van der Waals surface area contributed by atoms with E-state index < -0.39 is 0 Å². The lowest BCUT2D eigenvalue weighted by Crippen LogP contribution is -2.13. The fourth-order valence-corrected chi connectivity index (χ4v) is 2.70. The Morgan fingerprint density at radius 1 is 1.10 bits per heavy atom. The molecule has 0 radical (unpaired) electrons. The van der Waals surface area contributed by atoms with Crippen molar-refractivity contribution in [2.24, 2.45) is 12.8 Å². The third kappa shape index (κ3) is 2.10. The van der Waals surface area contributed by atoms with Crippen molar-refractivity contribution in [1.29, 1.82) is 0 Å². The summed E-state index contributed by atoms with van der Waals surface area (Å²) in [5.41, 5.74) is 10.7. The van der Waals surface area contributed by atoms with Gasteiger partial charge in [-0.1, -0.05) is 36.4 Å². The first-order chi connectivity index (χ1) is 9.70. The molecule has 0 aliphatic heterocycles. The summed E-state index contributed by atoms with van der Waals surface area (Å²) in [5, 5.41) is 0. The number of nitrogens with zero attached hydrogens (tertiary/aromatic N) is 2. The fourth-order valence-electron chi connectivity index (χ4n) is 2.70. The lowest BCUT2D eigenvalue weighted by molar-refractivity contribution is 0.820. The molecule has 102 valence electrons. The quantitative estimate of drug-likeness (QED) is 0.791. The average Bonchev–Trinajstić information content (AvgIpc) is 2.76. The van der Waals surface area contributed by atoms with E-state index in [1.54, 1.807) is 0 Å². The zero-order valence-electron chi connectivity index (χ0n) is 11.9. The Bertz CT molecular complexity index is 729. The van der Waals surface area contributed by atoms with Crippen molar-refractivity contribution in [3.63, 3.8) is 0 Å². The van der Waals surface area contributed by atoms with Gasteiger partial charge in [-0.25, -0.2) is 4.98 Å². The van der Waals surface area contributed by atoms with Crippen LogP contribution in [-0.4, -0.2) is 16.1 Å². The standard InChI is InChI=1S/C17H19N3/c1-12-19-16-10-14(8-9-17(16)20(12)2)15(11-18)13-6-4-3-5-7-13/h3-10,15H,11,18H2,1-2H3. The Labute approximate surface area is 119 Å². The predicted octanol–water partition coefficient (Wildman–Crippen LogP) is 2.97. The highest BCUT2D eigenvalue weighted by atomic mass is 15.0. The zero-order valence-corrected chi connectivity index (χ0v) is 11.9. The van der Waals surface area contributed by atoms with E-state index in [1.165, 1.54) is 11.1 Å². The maximum absolute atomic E-state index is 5.99. The molecule has 0 fully saturated rings. The molecule has 3 rings (SSSR count). The number of benzene rings is 2. The summed E-state index contributed by atoms with van der Waals surface area (Å²) in [7, 11) is 2.04. The Morgan fingerprint density at radius 2 is 1.85 bits per heavy atom. The van der Waals surface area contributed by atoms with Crippen LogP contribution in [-0.2, 0) is 7.05 Å². The minimum atomic E-state index is 0.225. The van der Waals surface area contributed by atoms with Crippen LogP contribution in [0, 0.1) is 6.92 Å². The maximum Gasteiger partial charge on any atom is 0.106 e. The molecular weight excluding hydrogens is 246 g/mol. The predicted molar refractivity (Wildman–Crippen MR) is 82.8 cm³/mol. The van der Waals surface area contributed by atoms with E-state index in [-0.39, 0.29) is 5.92 Å². The van der Waals surface area contributed by atoms with Gasteiger partial charge in [0.25, 0.3) is 0 Å². The van der Waals surface area contributed by atoms with Gasteiger partial charge in [0.05, 0.1) is 11.0 Å². The van der Waals surface area contributed by atoms with Crippen LogP contribution in [0.5, 0.6) is 0 Å². The summed E-state index contributed by atoms with van der Waals surface area (Å²) in [6.07, 6.45) is 0. The summed E-state index contributed by atoms with van der Waals surface area (Å²) in [6.45, 7) is 2.62. The molecule has 1 heterocycles. The van der Waals surface area contributed by atoms with Gasteiger partial charge < -0.3 is 10.3 Å². The number of nitrogens with two attached hydrogens (primary N) is 1. The van der Waals surface area contributed by atoms with Gasteiger partial charge in [-0.15, -0.1) is 0 Å². The second-order valence-corrected chi connectivity index (χ2v) is 5.17. The third-order valence-corrected chi connectivity index (χ3v) is 3.97. The van der Waals surface area contributed by atoms with E-state index in [9.17, 15) is 0 Å². The Hall–Kier alpha value is -2.13. The largest absolute Gasteiger partial charge is 0.331 e. The van der Waals surface area contributed by atoms with Crippen molar-refractivity contribution in [2.45, 2.75) is 12.8 Å². The van der Waals surface area contributed by atoms with Gasteiger partial charge in [0, 0.05) is 19.5 Å². The van der Waals surface area contributed by atoms with E-state index in [1.807, 2.05) is 20.0 Å². The first-order valence-electron chi connectivity index (χ1n) is 6.88. The average molecular weight is 265 g/mol. The van der Waals surface area contributed by atoms with E-state index >= 15 is 0 Å².